The van der Waals surface area contributed by atoms with Gasteiger partial charge in [-0.05, 0) is 24.1 Å². The van der Waals surface area contributed by atoms with Gasteiger partial charge in [-0.25, -0.2) is 0 Å². The van der Waals surface area contributed by atoms with E-state index in [2.05, 4.69) is 21.9 Å². The Hall–Kier alpha value is -2.50. The summed E-state index contributed by atoms with van der Waals surface area (Å²) >= 11 is 0. The van der Waals surface area contributed by atoms with Crippen molar-refractivity contribution in [3.05, 3.63) is 17.7 Å². The normalized spacial score (nSPS) is 11.3. The van der Waals surface area contributed by atoms with Crippen LogP contribution in [0.4, 0.5) is 5.95 Å². The van der Waals surface area contributed by atoms with Crippen molar-refractivity contribution in [3.8, 4) is 11.6 Å². The Balaban J connectivity index is 2.45. The van der Waals surface area contributed by atoms with Gasteiger partial charge in [-0.15, -0.1) is 0 Å². The van der Waals surface area contributed by atoms with Crippen LogP contribution in [0.1, 0.15) is 12.5 Å². The van der Waals surface area contributed by atoms with Crippen LogP contribution in [0.25, 0.3) is 21.9 Å². The highest BCUT2D eigenvalue weighted by Gasteiger charge is 2.14. The predicted octanol–water partition coefficient (Wildman–Crippen LogP) is 1.97. The lowest BCUT2D eigenvalue weighted by atomic mass is 10.1. The monoisotopic (exact) mass is 258 g/mol. The summed E-state index contributed by atoms with van der Waals surface area (Å²) < 4.78 is 5.37. The molecular weight excluding hydrogens is 244 g/mol. The predicted molar refractivity (Wildman–Crippen MR) is 73.4 cm³/mol. The number of aromatic nitrogens is 3. The second-order valence-electron chi connectivity index (χ2n) is 4.32. The molecule has 0 bridgehead atoms. The molecule has 3 rings (SSSR count). The summed E-state index contributed by atoms with van der Waals surface area (Å²) in [6.07, 6.45) is 0.855. The Morgan fingerprint density at radius 1 is 1.37 bits per heavy atom. The molecule has 0 radical (unpaired) electrons. The van der Waals surface area contributed by atoms with E-state index in [1.54, 1.807) is 7.11 Å². The number of methoxy groups -OCH3 is 1. The summed E-state index contributed by atoms with van der Waals surface area (Å²) in [4.78, 5) is 11.0. The highest BCUT2D eigenvalue weighted by molar-refractivity contribution is 6.09. The van der Waals surface area contributed by atoms with Crippen molar-refractivity contribution in [2.24, 2.45) is 0 Å². The maximum Gasteiger partial charge on any atom is 0.226 e. The molecule has 0 aliphatic heterocycles. The zero-order valence-electron chi connectivity index (χ0n) is 10.7. The van der Waals surface area contributed by atoms with Crippen molar-refractivity contribution in [3.63, 3.8) is 0 Å². The fraction of sp³-hybridized carbons (Fsp3) is 0.231. The molecule has 19 heavy (non-hydrogen) atoms. The summed E-state index contributed by atoms with van der Waals surface area (Å²) in [5.74, 6) is 0.700. The number of nitrogens with two attached hydrogens (primary N) is 1. The van der Waals surface area contributed by atoms with E-state index in [9.17, 15) is 5.11 Å². The third-order valence-electron chi connectivity index (χ3n) is 3.23. The SMILES string of the molecule is CCc1cc2[nH]c3nc(N)nc(O)c3c2cc1OC. The van der Waals surface area contributed by atoms with Gasteiger partial charge in [-0.1, -0.05) is 6.92 Å². The van der Waals surface area contributed by atoms with Crippen molar-refractivity contribution in [2.45, 2.75) is 13.3 Å². The lowest BCUT2D eigenvalue weighted by Crippen LogP contribution is -1.94. The summed E-state index contributed by atoms with van der Waals surface area (Å²) in [6, 6.07) is 3.87. The first-order valence-corrected chi connectivity index (χ1v) is 5.98. The summed E-state index contributed by atoms with van der Waals surface area (Å²) in [7, 11) is 1.63. The van der Waals surface area contributed by atoms with Gasteiger partial charge in [0.25, 0.3) is 0 Å². The molecule has 0 saturated carbocycles. The number of aryl methyl sites for hydroxylation is 1. The van der Waals surface area contributed by atoms with Gasteiger partial charge in [0, 0.05) is 10.9 Å². The minimum Gasteiger partial charge on any atom is -0.496 e. The van der Waals surface area contributed by atoms with Gasteiger partial charge in [-0.3, -0.25) is 0 Å². The van der Waals surface area contributed by atoms with Crippen LogP contribution < -0.4 is 10.5 Å². The van der Waals surface area contributed by atoms with Crippen molar-refractivity contribution >= 4 is 27.9 Å². The molecule has 0 atom stereocenters. The molecule has 2 aromatic heterocycles. The van der Waals surface area contributed by atoms with E-state index in [4.69, 9.17) is 10.5 Å². The number of hydrogen-bond donors (Lipinski definition) is 3. The van der Waals surface area contributed by atoms with Crippen LogP contribution in [0, 0.1) is 0 Å². The number of aromatic hydroxyl groups is 1. The quantitative estimate of drug-likeness (QED) is 0.653. The third-order valence-corrected chi connectivity index (χ3v) is 3.23. The van der Waals surface area contributed by atoms with E-state index in [1.165, 1.54) is 0 Å². The maximum absolute atomic E-state index is 9.94. The largest absolute Gasteiger partial charge is 0.496 e. The lowest BCUT2D eigenvalue weighted by Gasteiger charge is -2.06. The van der Waals surface area contributed by atoms with Crippen LogP contribution in [-0.2, 0) is 6.42 Å². The lowest BCUT2D eigenvalue weighted by molar-refractivity contribution is 0.411. The molecule has 6 heteroatoms. The van der Waals surface area contributed by atoms with Gasteiger partial charge in [-0.2, -0.15) is 9.97 Å². The Morgan fingerprint density at radius 2 is 2.16 bits per heavy atom. The number of nitrogens with one attached hydrogen (secondary N) is 1. The van der Waals surface area contributed by atoms with Crippen LogP contribution in [0.15, 0.2) is 12.1 Å². The number of nitrogens with zero attached hydrogens (tertiary/aromatic N) is 2. The van der Waals surface area contributed by atoms with E-state index >= 15 is 0 Å². The van der Waals surface area contributed by atoms with Gasteiger partial charge >= 0.3 is 0 Å². The van der Waals surface area contributed by atoms with Crippen LogP contribution in [0.2, 0.25) is 0 Å². The molecule has 2 heterocycles. The number of aromatic amines is 1. The number of nitrogen functional groups attached to an aromatic ring is 1. The van der Waals surface area contributed by atoms with Crippen LogP contribution >= 0.6 is 0 Å². The molecule has 0 aliphatic carbocycles. The Labute approximate surface area is 109 Å². The molecule has 0 aliphatic rings. The molecule has 4 N–H and O–H groups in total. The fourth-order valence-electron chi connectivity index (χ4n) is 2.33. The Kier molecular flexibility index (Phi) is 2.45. The average molecular weight is 258 g/mol. The van der Waals surface area contributed by atoms with Gasteiger partial charge in [0.15, 0.2) is 0 Å². The molecule has 0 unspecified atom stereocenters. The number of benzene rings is 1. The molecule has 0 fully saturated rings. The summed E-state index contributed by atoms with van der Waals surface area (Å²) in [6.45, 7) is 2.06. The standard InChI is InChI=1S/C13H14N4O2/c1-3-6-4-8-7(5-9(6)19-2)10-11(15-8)16-13(14)17-12(10)18/h4-5H,3H2,1-2H3,(H4,14,15,16,17,18). The minimum atomic E-state index is -0.125. The number of rotatable bonds is 2. The second-order valence-corrected chi connectivity index (χ2v) is 4.32. The number of anilines is 1. The number of ether oxygens (including phenoxy) is 1. The van der Waals surface area contributed by atoms with E-state index in [1.807, 2.05) is 12.1 Å². The highest BCUT2D eigenvalue weighted by atomic mass is 16.5. The highest BCUT2D eigenvalue weighted by Crippen LogP contribution is 2.34. The molecule has 98 valence electrons. The average Bonchev–Trinajstić information content (AvgIpc) is 2.73. The van der Waals surface area contributed by atoms with Gasteiger partial charge in [0.1, 0.15) is 11.4 Å². The smallest absolute Gasteiger partial charge is 0.226 e. The van der Waals surface area contributed by atoms with Crippen molar-refractivity contribution in [2.75, 3.05) is 12.8 Å². The van der Waals surface area contributed by atoms with Crippen molar-refractivity contribution in [1.82, 2.24) is 15.0 Å². The fourth-order valence-corrected chi connectivity index (χ4v) is 2.33. The molecule has 0 spiro atoms. The Morgan fingerprint density at radius 3 is 2.84 bits per heavy atom. The van der Waals surface area contributed by atoms with Crippen LogP contribution in [0.3, 0.4) is 0 Å². The third kappa shape index (κ3) is 1.64. The van der Waals surface area contributed by atoms with E-state index < -0.39 is 0 Å². The number of H-pyrrole nitrogens is 1. The molecule has 6 nitrogen and oxygen atoms in total. The number of fused-ring (bicyclic) bond motifs is 3. The molecule has 0 amide bonds. The zero-order chi connectivity index (χ0) is 13.6. The van der Waals surface area contributed by atoms with E-state index in [0.717, 1.165) is 28.6 Å². The second kappa shape index (κ2) is 4.01. The maximum atomic E-state index is 9.94. The molecular formula is C13H14N4O2. The van der Waals surface area contributed by atoms with E-state index in [-0.39, 0.29) is 11.8 Å². The van der Waals surface area contributed by atoms with Gasteiger partial charge in [0.05, 0.1) is 12.5 Å². The van der Waals surface area contributed by atoms with Crippen molar-refractivity contribution in [1.29, 1.82) is 0 Å². The van der Waals surface area contributed by atoms with Gasteiger partial charge < -0.3 is 20.6 Å². The molecule has 0 saturated heterocycles. The first-order chi connectivity index (χ1) is 9.13. The first kappa shape index (κ1) is 11.6. The molecule has 1 aromatic carbocycles. The van der Waals surface area contributed by atoms with Crippen LogP contribution in [-0.4, -0.2) is 27.2 Å². The zero-order valence-corrected chi connectivity index (χ0v) is 10.7. The molecule has 3 aromatic rings. The van der Waals surface area contributed by atoms with E-state index in [0.29, 0.717) is 11.0 Å². The first-order valence-electron chi connectivity index (χ1n) is 5.98. The minimum absolute atomic E-state index is 0.0410. The Bertz CT molecular complexity index is 779. The summed E-state index contributed by atoms with van der Waals surface area (Å²) in [5, 5.41) is 11.3. The van der Waals surface area contributed by atoms with Crippen LogP contribution in [0.5, 0.6) is 11.6 Å². The van der Waals surface area contributed by atoms with Gasteiger partial charge in [0.2, 0.25) is 11.8 Å². The van der Waals surface area contributed by atoms with Crippen molar-refractivity contribution < 1.29 is 9.84 Å². The summed E-state index contributed by atoms with van der Waals surface area (Å²) in [5.41, 5.74) is 8.02. The topological polar surface area (TPSA) is 97.1 Å². The number of hydrogen-bond acceptors (Lipinski definition) is 5.